The Morgan fingerprint density at radius 1 is 1.00 bits per heavy atom. The summed E-state index contributed by atoms with van der Waals surface area (Å²) in [6.07, 6.45) is 6.71. The lowest BCUT2D eigenvalue weighted by molar-refractivity contribution is -0.121. The molecule has 0 aliphatic carbocycles. The second-order valence-electron chi connectivity index (χ2n) is 4.85. The van der Waals surface area contributed by atoms with Gasteiger partial charge in [-0.1, -0.05) is 60.7 Å². The summed E-state index contributed by atoms with van der Waals surface area (Å²) in [5, 5.41) is 2.98. The number of amides is 1. The molecule has 0 aliphatic rings. The Labute approximate surface area is 126 Å². The van der Waals surface area contributed by atoms with E-state index >= 15 is 0 Å². The maximum atomic E-state index is 12.5. The van der Waals surface area contributed by atoms with E-state index in [1.54, 1.807) is 0 Å². The quantitative estimate of drug-likeness (QED) is 0.637. The number of terminal acetylenes is 1. The zero-order valence-corrected chi connectivity index (χ0v) is 12.0. The second-order valence-corrected chi connectivity index (χ2v) is 4.85. The molecule has 2 rings (SSSR count). The summed E-state index contributed by atoms with van der Waals surface area (Å²) in [6, 6.07) is 19.7. The fraction of sp³-hybridized carbons (Fsp3) is 0.211. The minimum Gasteiger partial charge on any atom is -0.355 e. The van der Waals surface area contributed by atoms with E-state index in [1.165, 1.54) is 0 Å². The molecule has 2 nitrogen and oxygen atoms in total. The summed E-state index contributed by atoms with van der Waals surface area (Å²) in [7, 11) is 0. The number of hydrogen-bond acceptors (Lipinski definition) is 1. The van der Waals surface area contributed by atoms with Crippen molar-refractivity contribution >= 4 is 5.91 Å². The molecule has 0 bridgehead atoms. The average Bonchev–Trinajstić information content (AvgIpc) is 2.54. The van der Waals surface area contributed by atoms with Crippen molar-refractivity contribution in [3.05, 3.63) is 71.8 Å². The molecule has 21 heavy (non-hydrogen) atoms. The maximum absolute atomic E-state index is 12.5. The first-order valence-electron chi connectivity index (χ1n) is 7.14. The van der Waals surface area contributed by atoms with Crippen molar-refractivity contribution in [2.24, 2.45) is 0 Å². The molecule has 0 aromatic heterocycles. The summed E-state index contributed by atoms with van der Waals surface area (Å²) in [5.74, 6) is 2.32. The lowest BCUT2D eigenvalue weighted by Crippen LogP contribution is -2.30. The Morgan fingerprint density at radius 2 is 1.52 bits per heavy atom. The van der Waals surface area contributed by atoms with Gasteiger partial charge in [-0.25, -0.2) is 0 Å². The van der Waals surface area contributed by atoms with Crippen LogP contribution in [0.4, 0.5) is 0 Å². The smallest absolute Gasteiger partial charge is 0.232 e. The van der Waals surface area contributed by atoms with Crippen molar-refractivity contribution < 1.29 is 4.79 Å². The highest BCUT2D eigenvalue weighted by Crippen LogP contribution is 2.24. The van der Waals surface area contributed by atoms with Gasteiger partial charge in [0.15, 0.2) is 0 Å². The number of nitrogens with one attached hydrogen (secondary N) is 1. The molecule has 0 heterocycles. The Morgan fingerprint density at radius 3 is 2.00 bits per heavy atom. The number of carbonyl (C=O) groups is 1. The zero-order chi connectivity index (χ0) is 14.9. The molecule has 0 saturated carbocycles. The van der Waals surface area contributed by atoms with E-state index < -0.39 is 0 Å². The molecule has 0 saturated heterocycles. The van der Waals surface area contributed by atoms with Crippen molar-refractivity contribution in [1.29, 1.82) is 0 Å². The second kappa shape index (κ2) is 7.91. The first-order valence-corrected chi connectivity index (χ1v) is 7.14. The summed E-state index contributed by atoms with van der Waals surface area (Å²) in [6.45, 7) is 0.610. The van der Waals surface area contributed by atoms with Gasteiger partial charge in [0, 0.05) is 13.0 Å². The number of carbonyl (C=O) groups excluding carboxylic acids is 1. The summed E-state index contributed by atoms with van der Waals surface area (Å²) in [4.78, 5) is 12.5. The van der Waals surface area contributed by atoms with E-state index in [9.17, 15) is 4.79 Å². The number of hydrogen-bond donors (Lipinski definition) is 1. The van der Waals surface area contributed by atoms with Gasteiger partial charge in [0.25, 0.3) is 0 Å². The molecule has 0 atom stereocenters. The van der Waals surface area contributed by atoms with Crippen molar-refractivity contribution in [1.82, 2.24) is 5.32 Å². The highest BCUT2D eigenvalue weighted by Gasteiger charge is 2.21. The first-order chi connectivity index (χ1) is 10.3. The third kappa shape index (κ3) is 4.22. The highest BCUT2D eigenvalue weighted by molar-refractivity contribution is 5.87. The third-order valence-electron chi connectivity index (χ3n) is 3.33. The van der Waals surface area contributed by atoms with Gasteiger partial charge < -0.3 is 5.32 Å². The van der Waals surface area contributed by atoms with Crippen LogP contribution in [0.2, 0.25) is 0 Å². The van der Waals surface area contributed by atoms with Gasteiger partial charge >= 0.3 is 0 Å². The van der Waals surface area contributed by atoms with Gasteiger partial charge in [-0.05, 0) is 17.5 Å². The lowest BCUT2D eigenvalue weighted by Gasteiger charge is -2.17. The van der Waals surface area contributed by atoms with Crippen LogP contribution in [0.3, 0.4) is 0 Å². The first kappa shape index (κ1) is 14.9. The minimum atomic E-state index is -0.279. The molecule has 0 spiro atoms. The molecule has 2 aromatic carbocycles. The lowest BCUT2D eigenvalue weighted by atomic mass is 9.90. The molecule has 0 unspecified atom stereocenters. The van der Waals surface area contributed by atoms with E-state index in [1.807, 2.05) is 60.7 Å². The topological polar surface area (TPSA) is 29.1 Å². The van der Waals surface area contributed by atoms with E-state index in [0.717, 1.165) is 17.5 Å². The van der Waals surface area contributed by atoms with Gasteiger partial charge in [-0.3, -0.25) is 4.79 Å². The van der Waals surface area contributed by atoms with Gasteiger partial charge in [0.05, 0.1) is 5.92 Å². The molecule has 1 N–H and O–H groups in total. The highest BCUT2D eigenvalue weighted by atomic mass is 16.1. The Kier molecular flexibility index (Phi) is 5.60. The van der Waals surface area contributed by atoms with Crippen LogP contribution >= 0.6 is 0 Å². The summed E-state index contributed by atoms with van der Waals surface area (Å²) in [5.41, 5.74) is 2.00. The van der Waals surface area contributed by atoms with Crippen LogP contribution in [0.25, 0.3) is 0 Å². The van der Waals surface area contributed by atoms with Crippen LogP contribution in [-0.4, -0.2) is 12.5 Å². The predicted octanol–water partition coefficient (Wildman–Crippen LogP) is 3.35. The van der Waals surface area contributed by atoms with E-state index in [-0.39, 0.29) is 11.8 Å². The monoisotopic (exact) mass is 277 g/mol. The summed E-state index contributed by atoms with van der Waals surface area (Å²) >= 11 is 0. The fourth-order valence-electron chi connectivity index (χ4n) is 2.29. The van der Waals surface area contributed by atoms with Crippen molar-refractivity contribution in [2.45, 2.75) is 18.8 Å². The summed E-state index contributed by atoms with van der Waals surface area (Å²) < 4.78 is 0. The maximum Gasteiger partial charge on any atom is 0.232 e. The van der Waals surface area contributed by atoms with Crippen LogP contribution in [-0.2, 0) is 4.79 Å². The Balaban J connectivity index is 2.17. The molecular weight excluding hydrogens is 258 g/mol. The van der Waals surface area contributed by atoms with E-state index in [2.05, 4.69) is 11.2 Å². The van der Waals surface area contributed by atoms with Gasteiger partial charge in [-0.2, -0.15) is 0 Å². The van der Waals surface area contributed by atoms with Crippen LogP contribution in [0.5, 0.6) is 0 Å². The van der Waals surface area contributed by atoms with Gasteiger partial charge in [-0.15, -0.1) is 12.3 Å². The van der Waals surface area contributed by atoms with Gasteiger partial charge in [0.2, 0.25) is 5.91 Å². The van der Waals surface area contributed by atoms with Crippen LogP contribution in [0.1, 0.15) is 29.9 Å². The van der Waals surface area contributed by atoms with E-state index in [4.69, 9.17) is 6.42 Å². The molecule has 0 radical (unpaired) electrons. The van der Waals surface area contributed by atoms with Gasteiger partial charge in [0.1, 0.15) is 0 Å². The van der Waals surface area contributed by atoms with Crippen LogP contribution < -0.4 is 5.32 Å². The van der Waals surface area contributed by atoms with E-state index in [0.29, 0.717) is 13.0 Å². The van der Waals surface area contributed by atoms with Crippen molar-refractivity contribution in [3.8, 4) is 12.3 Å². The number of rotatable bonds is 6. The Hall–Kier alpha value is -2.53. The number of benzene rings is 2. The molecular formula is C19H19NO. The molecule has 2 aromatic rings. The molecule has 1 amide bonds. The van der Waals surface area contributed by atoms with Crippen molar-refractivity contribution in [2.75, 3.05) is 6.54 Å². The normalized spacial score (nSPS) is 10.1. The minimum absolute atomic E-state index is 0.0180. The standard InChI is InChI=1S/C19H19NO/c1-2-3-10-15-20-19(21)18(16-11-6-4-7-12-16)17-13-8-5-9-14-17/h1,4-9,11-14,18H,3,10,15H2,(H,20,21). The van der Waals surface area contributed by atoms with Crippen molar-refractivity contribution in [3.63, 3.8) is 0 Å². The SMILES string of the molecule is C#CCCCNC(=O)C(c1ccccc1)c1ccccc1. The Bertz CT molecular complexity index is 559. The average molecular weight is 277 g/mol. The largest absolute Gasteiger partial charge is 0.355 e. The van der Waals surface area contributed by atoms with Crippen LogP contribution in [0.15, 0.2) is 60.7 Å². The molecule has 0 aliphatic heterocycles. The third-order valence-corrected chi connectivity index (χ3v) is 3.33. The zero-order valence-electron chi connectivity index (χ0n) is 12.0. The molecule has 0 fully saturated rings. The number of unbranched alkanes of at least 4 members (excludes halogenated alkanes) is 1. The predicted molar refractivity (Wildman–Crippen MR) is 85.8 cm³/mol. The van der Waals surface area contributed by atoms with Crippen LogP contribution in [0, 0.1) is 12.3 Å². The molecule has 106 valence electrons. The molecule has 2 heteroatoms. The fourth-order valence-corrected chi connectivity index (χ4v) is 2.29.